The molecule has 3 heteroatoms. The lowest BCUT2D eigenvalue weighted by Crippen LogP contribution is -1.96. The van der Waals surface area contributed by atoms with Gasteiger partial charge in [-0.2, -0.15) is 0 Å². The molecule has 0 spiro atoms. The summed E-state index contributed by atoms with van der Waals surface area (Å²) in [6, 6.07) is 12.6. The average molecular weight is 369 g/mol. The van der Waals surface area contributed by atoms with Gasteiger partial charge in [0.2, 0.25) is 0 Å². The smallest absolute Gasteiger partial charge is 0.130 e. The minimum absolute atomic E-state index is 0.487. The van der Waals surface area contributed by atoms with Crippen molar-refractivity contribution in [2.75, 3.05) is 0 Å². The summed E-state index contributed by atoms with van der Waals surface area (Å²) in [5.41, 5.74) is 6.23. The van der Waals surface area contributed by atoms with Crippen molar-refractivity contribution in [1.82, 2.24) is 9.97 Å². The minimum atomic E-state index is 0.487. The van der Waals surface area contributed by atoms with Gasteiger partial charge in [-0.25, -0.2) is 9.97 Å². The Labute approximate surface area is 163 Å². The second-order valence-electron chi connectivity index (χ2n) is 6.88. The third-order valence-electron chi connectivity index (χ3n) is 5.13. The second kappa shape index (κ2) is 6.68. The van der Waals surface area contributed by atoms with Gasteiger partial charge in [-0.1, -0.05) is 60.2 Å². The highest BCUT2D eigenvalue weighted by Gasteiger charge is 2.14. The van der Waals surface area contributed by atoms with Crippen LogP contribution >= 0.6 is 11.6 Å². The molecule has 5 rings (SSSR count). The molecule has 1 aromatic carbocycles. The standard InChI is InChI=1S/C24H17ClN2/c25-22-15-20(16-7-3-1-4-8-16)19-13-11-18-12-14-21(17-9-5-2-6-10-17)26-23(18)24(19)27-22/h1-3,5,7,9,12,14-15H,4,6,8,10H2. The van der Waals surface area contributed by atoms with Crippen molar-refractivity contribution >= 4 is 44.6 Å². The third-order valence-corrected chi connectivity index (χ3v) is 5.33. The molecular weight excluding hydrogens is 352 g/mol. The number of allylic oxidation sites excluding steroid dienone is 8. The van der Waals surface area contributed by atoms with Gasteiger partial charge in [-0.3, -0.25) is 0 Å². The summed E-state index contributed by atoms with van der Waals surface area (Å²) in [5, 5.41) is 2.34. The summed E-state index contributed by atoms with van der Waals surface area (Å²) in [7, 11) is 0. The third kappa shape index (κ3) is 2.95. The molecule has 0 saturated carbocycles. The molecule has 0 unspecified atom stereocenters. The SMILES string of the molecule is Clc1cc(C2=CC=CCC2)c2c#cc3ccc(C4=CC=CCC4)nc3c2n1. The lowest BCUT2D eigenvalue weighted by molar-refractivity contribution is 1.04. The van der Waals surface area contributed by atoms with Crippen LogP contribution in [0.5, 0.6) is 0 Å². The Morgan fingerprint density at radius 3 is 2.37 bits per heavy atom. The molecule has 0 N–H and O–H groups in total. The Hall–Kier alpha value is -2.89. The maximum absolute atomic E-state index is 6.40. The van der Waals surface area contributed by atoms with Gasteiger partial charge in [-0.05, 0) is 60.6 Å². The number of aromatic nitrogens is 2. The van der Waals surface area contributed by atoms with Gasteiger partial charge in [0.15, 0.2) is 0 Å². The molecule has 0 amide bonds. The van der Waals surface area contributed by atoms with Crippen LogP contribution in [0.1, 0.15) is 36.9 Å². The van der Waals surface area contributed by atoms with Crippen molar-refractivity contribution in [2.24, 2.45) is 0 Å². The van der Waals surface area contributed by atoms with E-state index in [2.05, 4.69) is 65.7 Å². The summed E-state index contributed by atoms with van der Waals surface area (Å²) >= 11 is 6.40. The topological polar surface area (TPSA) is 25.8 Å². The van der Waals surface area contributed by atoms with E-state index in [-0.39, 0.29) is 0 Å². The van der Waals surface area contributed by atoms with Crippen molar-refractivity contribution in [2.45, 2.75) is 25.7 Å². The average Bonchev–Trinajstić information content (AvgIpc) is 2.74. The number of pyridine rings is 2. The molecule has 0 aliphatic heterocycles. The first-order valence-corrected chi connectivity index (χ1v) is 9.63. The highest BCUT2D eigenvalue weighted by molar-refractivity contribution is 6.30. The highest BCUT2D eigenvalue weighted by Crippen LogP contribution is 2.33. The van der Waals surface area contributed by atoms with Gasteiger partial charge in [0, 0.05) is 0 Å². The Balaban J connectivity index is 1.77. The van der Waals surface area contributed by atoms with Crippen LogP contribution in [0.2, 0.25) is 5.15 Å². The summed E-state index contributed by atoms with van der Waals surface area (Å²) in [6.45, 7) is 0. The number of fused-ring (bicyclic) bond motifs is 3. The van der Waals surface area contributed by atoms with E-state index in [1.807, 2.05) is 6.07 Å². The molecule has 0 saturated heterocycles. The van der Waals surface area contributed by atoms with Crippen molar-refractivity contribution in [3.05, 3.63) is 83.2 Å². The van der Waals surface area contributed by atoms with Crippen LogP contribution in [0.15, 0.2) is 54.7 Å². The summed E-state index contributed by atoms with van der Waals surface area (Å²) in [6.07, 6.45) is 16.9. The van der Waals surface area contributed by atoms with E-state index in [4.69, 9.17) is 16.6 Å². The zero-order valence-electron chi connectivity index (χ0n) is 14.8. The quantitative estimate of drug-likeness (QED) is 0.482. The first-order chi connectivity index (χ1) is 13.3. The number of hydrogen-bond acceptors (Lipinski definition) is 2. The molecule has 0 bridgehead atoms. The van der Waals surface area contributed by atoms with Gasteiger partial charge in [0.1, 0.15) is 16.2 Å². The van der Waals surface area contributed by atoms with Gasteiger partial charge in [0.05, 0.1) is 16.5 Å². The maximum Gasteiger partial charge on any atom is 0.130 e. The summed E-state index contributed by atoms with van der Waals surface area (Å²) in [4.78, 5) is 9.56. The van der Waals surface area contributed by atoms with Gasteiger partial charge >= 0.3 is 0 Å². The number of rotatable bonds is 2. The molecular formula is C24H17ClN2. The van der Waals surface area contributed by atoms with Crippen molar-refractivity contribution < 1.29 is 0 Å². The van der Waals surface area contributed by atoms with Crippen molar-refractivity contribution in [3.63, 3.8) is 0 Å². The summed E-state index contributed by atoms with van der Waals surface area (Å²) < 4.78 is 0. The molecule has 0 fully saturated rings. The first kappa shape index (κ1) is 16.3. The van der Waals surface area contributed by atoms with Crippen molar-refractivity contribution in [3.8, 4) is 0 Å². The molecule has 2 aliphatic rings. The van der Waals surface area contributed by atoms with Crippen LogP contribution in [-0.2, 0) is 0 Å². The van der Waals surface area contributed by atoms with E-state index < -0.39 is 0 Å². The van der Waals surface area contributed by atoms with E-state index >= 15 is 0 Å². The maximum atomic E-state index is 6.40. The van der Waals surface area contributed by atoms with E-state index in [0.29, 0.717) is 5.15 Å². The van der Waals surface area contributed by atoms with Gasteiger partial charge < -0.3 is 0 Å². The fraction of sp³-hybridized carbons (Fsp3) is 0.167. The lowest BCUT2D eigenvalue weighted by Gasteiger charge is -2.13. The fourth-order valence-corrected chi connectivity index (χ4v) is 3.95. The fourth-order valence-electron chi connectivity index (χ4n) is 3.76. The van der Waals surface area contributed by atoms with Crippen LogP contribution in [0.4, 0.5) is 0 Å². The van der Waals surface area contributed by atoms with Crippen LogP contribution in [0.25, 0.3) is 33.0 Å². The number of hydrogen-bond donors (Lipinski definition) is 0. The molecule has 27 heavy (non-hydrogen) atoms. The molecule has 2 aliphatic carbocycles. The van der Waals surface area contributed by atoms with E-state index in [1.165, 1.54) is 11.1 Å². The molecule has 2 aromatic heterocycles. The predicted molar refractivity (Wildman–Crippen MR) is 112 cm³/mol. The lowest BCUT2D eigenvalue weighted by atomic mass is 9.94. The molecule has 130 valence electrons. The van der Waals surface area contributed by atoms with E-state index in [9.17, 15) is 0 Å². The Kier molecular flexibility index (Phi) is 4.03. The molecule has 2 heterocycles. The van der Waals surface area contributed by atoms with Crippen LogP contribution in [0.3, 0.4) is 0 Å². The normalized spacial score (nSPS) is 16.3. The number of nitrogens with zero attached hydrogens (tertiary/aromatic N) is 2. The minimum Gasteiger partial charge on any atom is -0.245 e. The van der Waals surface area contributed by atoms with E-state index in [0.717, 1.165) is 58.7 Å². The van der Waals surface area contributed by atoms with Gasteiger partial charge in [-0.15, -0.1) is 0 Å². The molecule has 3 aromatic rings. The zero-order chi connectivity index (χ0) is 18.2. The summed E-state index contributed by atoms with van der Waals surface area (Å²) in [5.74, 6) is 0. The Bertz CT molecular complexity index is 1180. The highest BCUT2D eigenvalue weighted by atomic mass is 35.5. The zero-order valence-corrected chi connectivity index (χ0v) is 15.6. The van der Waals surface area contributed by atoms with Crippen LogP contribution in [0, 0.1) is 12.1 Å². The Morgan fingerprint density at radius 1 is 0.852 bits per heavy atom. The largest absolute Gasteiger partial charge is 0.245 e. The second-order valence-corrected chi connectivity index (χ2v) is 7.26. The molecule has 0 atom stereocenters. The monoisotopic (exact) mass is 368 g/mol. The molecule has 2 nitrogen and oxygen atoms in total. The van der Waals surface area contributed by atoms with Crippen LogP contribution in [-0.4, -0.2) is 9.97 Å². The van der Waals surface area contributed by atoms with Crippen LogP contribution < -0.4 is 0 Å². The Morgan fingerprint density at radius 2 is 1.63 bits per heavy atom. The van der Waals surface area contributed by atoms with Gasteiger partial charge in [0.25, 0.3) is 0 Å². The number of halogens is 1. The van der Waals surface area contributed by atoms with Crippen molar-refractivity contribution in [1.29, 1.82) is 0 Å². The predicted octanol–water partition coefficient (Wildman–Crippen LogP) is 6.50. The van der Waals surface area contributed by atoms with E-state index in [1.54, 1.807) is 0 Å². The molecule has 0 radical (unpaired) electrons. The first-order valence-electron chi connectivity index (χ1n) is 9.26.